The fourth-order valence-electron chi connectivity index (χ4n) is 4.35. The van der Waals surface area contributed by atoms with Gasteiger partial charge in [-0.3, -0.25) is 14.9 Å². The lowest BCUT2D eigenvalue weighted by atomic mass is 9.80. The van der Waals surface area contributed by atoms with Gasteiger partial charge in [-0.2, -0.15) is 0 Å². The van der Waals surface area contributed by atoms with E-state index in [0.717, 1.165) is 22.6 Å². The van der Waals surface area contributed by atoms with Crippen molar-refractivity contribution in [2.24, 2.45) is 0 Å². The third-order valence-corrected chi connectivity index (χ3v) is 6.82. The average Bonchev–Trinajstić information content (AvgIpc) is 2.71. The molecule has 2 aliphatic heterocycles. The van der Waals surface area contributed by atoms with Gasteiger partial charge in [0.05, 0.1) is 5.69 Å². The fraction of sp³-hybridized carbons (Fsp3) is 0.292. The molecule has 1 saturated heterocycles. The Kier molecular flexibility index (Phi) is 5.55. The monoisotopic (exact) mass is 471 g/mol. The van der Waals surface area contributed by atoms with E-state index in [4.69, 9.17) is 23.2 Å². The third-order valence-electron chi connectivity index (χ3n) is 6.24. The van der Waals surface area contributed by atoms with Gasteiger partial charge in [0.25, 0.3) is 11.8 Å². The maximum absolute atomic E-state index is 13.1. The average molecular weight is 472 g/mol. The highest BCUT2D eigenvalue weighted by molar-refractivity contribution is 6.40. The molecule has 1 fully saturated rings. The normalized spacial score (nSPS) is 21.6. The molecular formula is C24H23Cl2N3O3. The van der Waals surface area contributed by atoms with Crippen LogP contribution in [-0.2, 0) is 9.59 Å². The number of amides is 4. The molecule has 0 aromatic heterocycles. The fourth-order valence-corrected chi connectivity index (χ4v) is 4.69. The number of carbonyl (C=O) groups is 3. The van der Waals surface area contributed by atoms with Gasteiger partial charge in [0.15, 0.2) is 0 Å². The molecular weight excluding hydrogens is 449 g/mol. The Labute approximate surface area is 196 Å². The SMILES string of the molecule is C[C@H]1CC(C)(C)N(C)c2cc(Cl)c(/C=C3\C(=O)NC(=O)N(c4ccc(Cl)cc4)C3=O)cc21. The zero-order valence-electron chi connectivity index (χ0n) is 18.2. The number of imide groups is 2. The molecule has 2 aliphatic rings. The van der Waals surface area contributed by atoms with Gasteiger partial charge in [0, 0.05) is 28.3 Å². The molecule has 4 amide bonds. The molecule has 8 heteroatoms. The molecule has 32 heavy (non-hydrogen) atoms. The Balaban J connectivity index is 1.77. The van der Waals surface area contributed by atoms with Crippen LogP contribution in [0.25, 0.3) is 6.08 Å². The number of nitrogens with zero attached hydrogens (tertiary/aromatic N) is 2. The number of urea groups is 1. The van der Waals surface area contributed by atoms with Crippen molar-refractivity contribution in [3.05, 3.63) is 63.1 Å². The summed E-state index contributed by atoms with van der Waals surface area (Å²) in [5.41, 5.74) is 2.79. The van der Waals surface area contributed by atoms with E-state index < -0.39 is 17.8 Å². The number of barbiturate groups is 1. The predicted octanol–water partition coefficient (Wildman–Crippen LogP) is 5.38. The second-order valence-corrected chi connectivity index (χ2v) is 9.69. The van der Waals surface area contributed by atoms with Gasteiger partial charge < -0.3 is 4.90 Å². The molecule has 0 saturated carbocycles. The molecule has 0 radical (unpaired) electrons. The molecule has 2 aromatic rings. The predicted molar refractivity (Wildman–Crippen MR) is 127 cm³/mol. The molecule has 1 N–H and O–H groups in total. The second-order valence-electron chi connectivity index (χ2n) is 8.84. The molecule has 166 valence electrons. The van der Waals surface area contributed by atoms with Gasteiger partial charge in [-0.1, -0.05) is 30.1 Å². The minimum absolute atomic E-state index is 0.0195. The molecule has 0 spiro atoms. The summed E-state index contributed by atoms with van der Waals surface area (Å²) in [6, 6.07) is 9.19. The number of hydrogen-bond donors (Lipinski definition) is 1. The van der Waals surface area contributed by atoms with E-state index in [9.17, 15) is 14.4 Å². The Bertz CT molecular complexity index is 1170. The minimum Gasteiger partial charge on any atom is -0.369 e. The first-order valence-corrected chi connectivity index (χ1v) is 11.0. The van der Waals surface area contributed by atoms with Crippen LogP contribution < -0.4 is 15.1 Å². The zero-order chi connectivity index (χ0) is 23.4. The van der Waals surface area contributed by atoms with Crippen LogP contribution >= 0.6 is 23.2 Å². The molecule has 0 bridgehead atoms. The van der Waals surface area contributed by atoms with Crippen LogP contribution in [0.4, 0.5) is 16.2 Å². The number of benzene rings is 2. The van der Waals surface area contributed by atoms with Crippen LogP contribution in [-0.4, -0.2) is 30.4 Å². The van der Waals surface area contributed by atoms with Crippen LogP contribution in [0.1, 0.15) is 44.2 Å². The molecule has 2 aromatic carbocycles. The quantitative estimate of drug-likeness (QED) is 0.471. The number of hydrogen-bond acceptors (Lipinski definition) is 4. The van der Waals surface area contributed by atoms with Crippen molar-refractivity contribution in [1.29, 1.82) is 0 Å². The largest absolute Gasteiger partial charge is 0.369 e. The highest BCUT2D eigenvalue weighted by Gasteiger charge is 2.38. The molecule has 4 rings (SSSR count). The summed E-state index contributed by atoms with van der Waals surface area (Å²) in [7, 11) is 2.03. The maximum Gasteiger partial charge on any atom is 0.335 e. The number of halogens is 2. The van der Waals surface area contributed by atoms with Gasteiger partial charge >= 0.3 is 6.03 Å². The first-order chi connectivity index (χ1) is 15.0. The van der Waals surface area contributed by atoms with Gasteiger partial charge in [-0.25, -0.2) is 9.69 Å². The zero-order valence-corrected chi connectivity index (χ0v) is 19.7. The summed E-state index contributed by atoms with van der Waals surface area (Å²) in [6.07, 6.45) is 2.40. The summed E-state index contributed by atoms with van der Waals surface area (Å²) < 4.78 is 0. The van der Waals surface area contributed by atoms with Crippen LogP contribution in [0.15, 0.2) is 42.0 Å². The Morgan fingerprint density at radius 1 is 1.09 bits per heavy atom. The summed E-state index contributed by atoms with van der Waals surface area (Å²) in [5.74, 6) is -1.21. The standard InChI is InChI=1S/C24H23Cl2N3O3/c1-13-12-24(2,3)28(4)20-11-19(26)14(9-17(13)20)10-18-21(30)27-23(32)29(22(18)31)16-7-5-15(25)6-8-16/h5-11,13H,12H2,1-4H3,(H,27,30,32)/b18-10+/t13-/m0/s1. The highest BCUT2D eigenvalue weighted by Crippen LogP contribution is 2.44. The highest BCUT2D eigenvalue weighted by atomic mass is 35.5. The smallest absolute Gasteiger partial charge is 0.335 e. The van der Waals surface area contributed by atoms with Gasteiger partial charge in [0.2, 0.25) is 0 Å². The molecule has 6 nitrogen and oxygen atoms in total. The lowest BCUT2D eigenvalue weighted by molar-refractivity contribution is -0.122. The van der Waals surface area contributed by atoms with Crippen LogP contribution in [0, 0.1) is 0 Å². The van der Waals surface area contributed by atoms with E-state index >= 15 is 0 Å². The van der Waals surface area contributed by atoms with Gasteiger partial charge in [0.1, 0.15) is 5.57 Å². The summed E-state index contributed by atoms with van der Waals surface area (Å²) in [6.45, 7) is 6.52. The van der Waals surface area contributed by atoms with Crippen molar-refractivity contribution in [3.8, 4) is 0 Å². The van der Waals surface area contributed by atoms with Crippen molar-refractivity contribution < 1.29 is 14.4 Å². The third kappa shape index (κ3) is 3.78. The molecule has 0 unspecified atom stereocenters. The molecule has 2 heterocycles. The van der Waals surface area contributed by atoms with Gasteiger partial charge in [-0.15, -0.1) is 0 Å². The summed E-state index contributed by atoms with van der Waals surface area (Å²) in [5, 5.41) is 3.11. The van der Waals surface area contributed by atoms with E-state index in [1.165, 1.54) is 6.08 Å². The van der Waals surface area contributed by atoms with Crippen LogP contribution in [0.2, 0.25) is 10.0 Å². The Morgan fingerprint density at radius 3 is 2.41 bits per heavy atom. The van der Waals surface area contributed by atoms with Crippen molar-refractivity contribution in [2.75, 3.05) is 16.8 Å². The lowest BCUT2D eigenvalue weighted by Gasteiger charge is -2.45. The van der Waals surface area contributed by atoms with Gasteiger partial charge in [-0.05, 0) is 79.8 Å². The topological polar surface area (TPSA) is 69.7 Å². The molecule has 1 atom stereocenters. The van der Waals surface area contributed by atoms with Crippen molar-refractivity contribution in [2.45, 2.75) is 38.6 Å². The number of rotatable bonds is 2. The number of nitrogens with one attached hydrogen (secondary N) is 1. The Hall–Kier alpha value is -2.83. The van der Waals surface area contributed by atoms with Crippen LogP contribution in [0.3, 0.4) is 0 Å². The lowest BCUT2D eigenvalue weighted by Crippen LogP contribution is -2.54. The van der Waals surface area contributed by atoms with E-state index in [0.29, 0.717) is 21.3 Å². The number of anilines is 2. The summed E-state index contributed by atoms with van der Waals surface area (Å²) >= 11 is 12.5. The minimum atomic E-state index is -0.812. The first kappa shape index (κ1) is 22.4. The van der Waals surface area contributed by atoms with E-state index in [1.54, 1.807) is 24.3 Å². The first-order valence-electron chi connectivity index (χ1n) is 10.2. The van der Waals surface area contributed by atoms with Crippen LogP contribution in [0.5, 0.6) is 0 Å². The van der Waals surface area contributed by atoms with Crippen molar-refractivity contribution in [3.63, 3.8) is 0 Å². The second kappa shape index (κ2) is 7.94. The van der Waals surface area contributed by atoms with Crippen molar-refractivity contribution >= 4 is 58.5 Å². The Morgan fingerprint density at radius 2 is 1.75 bits per heavy atom. The maximum atomic E-state index is 13.1. The molecule has 0 aliphatic carbocycles. The number of carbonyl (C=O) groups excluding carboxylic acids is 3. The summed E-state index contributed by atoms with van der Waals surface area (Å²) in [4.78, 5) is 41.2. The van der Waals surface area contributed by atoms with E-state index in [2.05, 4.69) is 31.0 Å². The van der Waals surface area contributed by atoms with Crippen molar-refractivity contribution in [1.82, 2.24) is 5.32 Å². The van der Waals surface area contributed by atoms with E-state index in [1.807, 2.05) is 19.2 Å². The number of fused-ring (bicyclic) bond motifs is 1. The van der Waals surface area contributed by atoms with E-state index in [-0.39, 0.29) is 17.0 Å².